The van der Waals surface area contributed by atoms with Crippen molar-refractivity contribution in [3.63, 3.8) is 0 Å². The summed E-state index contributed by atoms with van der Waals surface area (Å²) in [4.78, 5) is 0. The van der Waals surface area contributed by atoms with Crippen LogP contribution in [-0.4, -0.2) is 5.11 Å². The minimum Gasteiger partial charge on any atom is -0.508 e. The molecule has 1 rings (SSSR count). The molecule has 1 aromatic carbocycles. The Hall–Kier alpha value is -1.44. The zero-order chi connectivity index (χ0) is 8.81. The van der Waals surface area contributed by atoms with Crippen LogP contribution >= 0.6 is 0 Å². The molecule has 2 nitrogen and oxygen atoms in total. The third kappa shape index (κ3) is 2.66. The van der Waals surface area contributed by atoms with E-state index in [1.807, 2.05) is 24.4 Å². The Bertz CT molecular complexity index is 251. The topological polar surface area (TPSA) is 32.3 Å². The summed E-state index contributed by atoms with van der Waals surface area (Å²) in [6.45, 7) is 2.08. The molecule has 0 saturated carbocycles. The number of phenolic OH excluding ortho intramolecular Hbond substituents is 1. The highest BCUT2D eigenvalue weighted by Gasteiger charge is 1.87. The zero-order valence-electron chi connectivity index (χ0n) is 7.12. The highest BCUT2D eigenvalue weighted by atomic mass is 16.3. The lowest BCUT2D eigenvalue weighted by atomic mass is 10.3. The molecule has 0 fully saturated rings. The molecular formula is C10H13NO. The van der Waals surface area contributed by atoms with Crippen molar-refractivity contribution in [2.75, 3.05) is 5.32 Å². The van der Waals surface area contributed by atoms with Crippen LogP contribution in [0.1, 0.15) is 13.3 Å². The Morgan fingerprint density at radius 3 is 2.58 bits per heavy atom. The highest BCUT2D eigenvalue weighted by Crippen LogP contribution is 2.13. The number of anilines is 1. The largest absolute Gasteiger partial charge is 0.508 e. The summed E-state index contributed by atoms with van der Waals surface area (Å²) in [5.41, 5.74) is 0.984. The summed E-state index contributed by atoms with van der Waals surface area (Å²) in [7, 11) is 0. The van der Waals surface area contributed by atoms with E-state index in [1.54, 1.807) is 12.1 Å². The van der Waals surface area contributed by atoms with E-state index in [0.717, 1.165) is 12.1 Å². The number of hydrogen-bond donors (Lipinski definition) is 2. The number of nitrogens with one attached hydrogen (secondary N) is 1. The van der Waals surface area contributed by atoms with Crippen LogP contribution in [0.5, 0.6) is 5.75 Å². The first-order valence-corrected chi connectivity index (χ1v) is 4.03. The van der Waals surface area contributed by atoms with E-state index in [1.165, 1.54) is 0 Å². The van der Waals surface area contributed by atoms with Crippen LogP contribution in [0.15, 0.2) is 36.5 Å². The van der Waals surface area contributed by atoms with E-state index < -0.39 is 0 Å². The molecule has 0 aromatic heterocycles. The van der Waals surface area contributed by atoms with Crippen LogP contribution < -0.4 is 5.32 Å². The second-order valence-electron chi connectivity index (χ2n) is 2.50. The minimum absolute atomic E-state index is 0.292. The molecule has 0 saturated heterocycles. The van der Waals surface area contributed by atoms with Gasteiger partial charge in [0.05, 0.1) is 0 Å². The van der Waals surface area contributed by atoms with Crippen LogP contribution in [0.2, 0.25) is 0 Å². The van der Waals surface area contributed by atoms with Gasteiger partial charge in [-0.15, -0.1) is 0 Å². The predicted octanol–water partition coefficient (Wildman–Crippen LogP) is 2.73. The first-order chi connectivity index (χ1) is 5.83. The van der Waals surface area contributed by atoms with Crippen LogP contribution in [0.25, 0.3) is 0 Å². The summed E-state index contributed by atoms with van der Waals surface area (Å²) in [6.07, 6.45) is 4.95. The third-order valence-electron chi connectivity index (χ3n) is 1.47. The van der Waals surface area contributed by atoms with Crippen molar-refractivity contribution in [3.8, 4) is 5.75 Å². The smallest absolute Gasteiger partial charge is 0.115 e. The molecule has 0 atom stereocenters. The first-order valence-electron chi connectivity index (χ1n) is 4.03. The fourth-order valence-electron chi connectivity index (χ4n) is 0.831. The van der Waals surface area contributed by atoms with Crippen molar-refractivity contribution in [1.29, 1.82) is 0 Å². The Morgan fingerprint density at radius 2 is 2.00 bits per heavy atom. The molecule has 0 bridgehead atoms. The summed E-state index contributed by atoms with van der Waals surface area (Å²) < 4.78 is 0. The van der Waals surface area contributed by atoms with Crippen LogP contribution in [0, 0.1) is 0 Å². The van der Waals surface area contributed by atoms with Gasteiger partial charge in [-0.2, -0.15) is 0 Å². The SMILES string of the molecule is CCC=CNc1ccc(O)cc1. The first kappa shape index (κ1) is 8.65. The van der Waals surface area contributed by atoms with E-state index in [2.05, 4.69) is 12.2 Å². The molecule has 0 amide bonds. The summed E-state index contributed by atoms with van der Waals surface area (Å²) in [5, 5.41) is 12.1. The minimum atomic E-state index is 0.292. The number of allylic oxidation sites excluding steroid dienone is 1. The van der Waals surface area contributed by atoms with Gasteiger partial charge in [0.2, 0.25) is 0 Å². The number of benzene rings is 1. The van der Waals surface area contributed by atoms with Crippen LogP contribution in [0.3, 0.4) is 0 Å². The van der Waals surface area contributed by atoms with Gasteiger partial charge < -0.3 is 10.4 Å². The number of aromatic hydroxyl groups is 1. The monoisotopic (exact) mass is 163 g/mol. The quantitative estimate of drug-likeness (QED) is 0.671. The van der Waals surface area contributed by atoms with Gasteiger partial charge in [0.1, 0.15) is 5.75 Å². The van der Waals surface area contributed by atoms with Crippen molar-refractivity contribution in [2.45, 2.75) is 13.3 Å². The van der Waals surface area contributed by atoms with Crippen molar-refractivity contribution >= 4 is 5.69 Å². The van der Waals surface area contributed by atoms with Crippen LogP contribution in [0.4, 0.5) is 5.69 Å². The third-order valence-corrected chi connectivity index (χ3v) is 1.47. The number of hydrogen-bond acceptors (Lipinski definition) is 2. The summed E-state index contributed by atoms with van der Waals surface area (Å²) in [5.74, 6) is 0.292. The number of rotatable bonds is 3. The molecular weight excluding hydrogens is 150 g/mol. The Balaban J connectivity index is 2.53. The van der Waals surface area contributed by atoms with Crippen molar-refractivity contribution in [3.05, 3.63) is 36.5 Å². The fraction of sp³-hybridized carbons (Fsp3) is 0.200. The fourth-order valence-corrected chi connectivity index (χ4v) is 0.831. The molecule has 0 aliphatic carbocycles. The van der Waals surface area contributed by atoms with Crippen molar-refractivity contribution in [1.82, 2.24) is 0 Å². The van der Waals surface area contributed by atoms with Gasteiger partial charge in [0.25, 0.3) is 0 Å². The van der Waals surface area contributed by atoms with Crippen molar-refractivity contribution < 1.29 is 5.11 Å². The maximum atomic E-state index is 8.98. The molecule has 12 heavy (non-hydrogen) atoms. The average molecular weight is 163 g/mol. The van der Waals surface area contributed by atoms with Gasteiger partial charge >= 0.3 is 0 Å². The van der Waals surface area contributed by atoms with Gasteiger partial charge in [0.15, 0.2) is 0 Å². The van der Waals surface area contributed by atoms with E-state index in [0.29, 0.717) is 5.75 Å². The summed E-state index contributed by atoms with van der Waals surface area (Å²) >= 11 is 0. The molecule has 0 aliphatic heterocycles. The molecule has 2 N–H and O–H groups in total. The maximum Gasteiger partial charge on any atom is 0.115 e. The maximum absolute atomic E-state index is 8.98. The molecule has 0 unspecified atom stereocenters. The predicted molar refractivity (Wildman–Crippen MR) is 51.2 cm³/mol. The standard InChI is InChI=1S/C10H13NO/c1-2-3-8-11-9-4-6-10(12)7-5-9/h3-8,11-12H,2H2,1H3. The molecule has 0 radical (unpaired) electrons. The van der Waals surface area contributed by atoms with E-state index in [9.17, 15) is 0 Å². The summed E-state index contributed by atoms with van der Waals surface area (Å²) in [6, 6.07) is 6.97. The second kappa shape index (κ2) is 4.44. The molecule has 0 spiro atoms. The number of phenols is 1. The van der Waals surface area contributed by atoms with E-state index in [4.69, 9.17) is 5.11 Å². The molecule has 0 aliphatic rings. The van der Waals surface area contributed by atoms with Gasteiger partial charge in [-0.25, -0.2) is 0 Å². The lowest BCUT2D eigenvalue weighted by molar-refractivity contribution is 0.475. The Morgan fingerprint density at radius 1 is 1.33 bits per heavy atom. The molecule has 64 valence electrons. The van der Waals surface area contributed by atoms with Gasteiger partial charge in [-0.1, -0.05) is 13.0 Å². The van der Waals surface area contributed by atoms with Crippen molar-refractivity contribution in [2.24, 2.45) is 0 Å². The highest BCUT2D eigenvalue weighted by molar-refractivity contribution is 5.47. The van der Waals surface area contributed by atoms with E-state index >= 15 is 0 Å². The van der Waals surface area contributed by atoms with Gasteiger partial charge in [-0.3, -0.25) is 0 Å². The normalized spacial score (nSPS) is 10.4. The van der Waals surface area contributed by atoms with Gasteiger partial charge in [-0.05, 0) is 36.9 Å². The second-order valence-corrected chi connectivity index (χ2v) is 2.50. The molecule has 0 heterocycles. The van der Waals surface area contributed by atoms with Crippen LogP contribution in [-0.2, 0) is 0 Å². The molecule has 2 heteroatoms. The van der Waals surface area contributed by atoms with Gasteiger partial charge in [0, 0.05) is 5.69 Å². The molecule has 1 aromatic rings. The Labute approximate surface area is 72.5 Å². The lowest BCUT2D eigenvalue weighted by Crippen LogP contribution is -1.85. The zero-order valence-corrected chi connectivity index (χ0v) is 7.12. The Kier molecular flexibility index (Phi) is 3.20. The van der Waals surface area contributed by atoms with E-state index in [-0.39, 0.29) is 0 Å². The average Bonchev–Trinajstić information content (AvgIpc) is 2.09. The lowest BCUT2D eigenvalue weighted by Gasteiger charge is -1.99.